The van der Waals surface area contributed by atoms with Crippen LogP contribution in [0, 0.1) is 0 Å². The molecule has 3 N–H and O–H groups in total. The molecule has 2 heterocycles. The number of hydrogen-bond donors (Lipinski definition) is 2. The van der Waals surface area contributed by atoms with Crippen LogP contribution in [0.25, 0.3) is 0 Å². The molecule has 0 aliphatic heterocycles. The van der Waals surface area contributed by atoms with Gasteiger partial charge in [-0.3, -0.25) is 0 Å². The van der Waals surface area contributed by atoms with E-state index in [9.17, 15) is 0 Å². The number of thiophene rings is 1. The molecular formula is C13H18BrN5S. The molecular weight excluding hydrogens is 338 g/mol. The summed E-state index contributed by atoms with van der Waals surface area (Å²) in [5.74, 6) is 7.82. The molecule has 7 heteroatoms. The number of nitrogens with two attached hydrogens (primary N) is 1. The van der Waals surface area contributed by atoms with Crippen molar-refractivity contribution >= 4 is 38.9 Å². The molecule has 2 aromatic heterocycles. The van der Waals surface area contributed by atoms with Crippen LogP contribution >= 0.6 is 27.3 Å². The minimum Gasteiger partial charge on any atom is -0.354 e. The Balaban J connectivity index is 2.19. The van der Waals surface area contributed by atoms with Crippen LogP contribution in [0.15, 0.2) is 22.0 Å². The van der Waals surface area contributed by atoms with Gasteiger partial charge in [-0.25, -0.2) is 15.8 Å². The van der Waals surface area contributed by atoms with Gasteiger partial charge >= 0.3 is 0 Å². The Hall–Kier alpha value is -1.18. The topological polar surface area (TPSA) is 67.1 Å². The average molecular weight is 356 g/mol. The number of nitrogens with zero attached hydrogens (tertiary/aromatic N) is 3. The van der Waals surface area contributed by atoms with Crippen molar-refractivity contribution in [2.24, 2.45) is 5.84 Å². The highest BCUT2D eigenvalue weighted by Crippen LogP contribution is 2.23. The van der Waals surface area contributed by atoms with Crippen molar-refractivity contribution in [3.05, 3.63) is 32.7 Å². The van der Waals surface area contributed by atoms with Crippen LogP contribution < -0.4 is 16.2 Å². The zero-order chi connectivity index (χ0) is 14.5. The summed E-state index contributed by atoms with van der Waals surface area (Å²) in [7, 11) is 2.02. The molecule has 0 aliphatic rings. The predicted molar refractivity (Wildman–Crippen MR) is 88.0 cm³/mol. The Kier molecular flexibility index (Phi) is 5.33. The number of halogens is 1. The van der Waals surface area contributed by atoms with Crippen molar-refractivity contribution in [2.75, 3.05) is 17.4 Å². The van der Waals surface area contributed by atoms with E-state index < -0.39 is 0 Å². The molecule has 0 bridgehead atoms. The number of nitrogens with one attached hydrogen (secondary N) is 1. The summed E-state index contributed by atoms with van der Waals surface area (Å²) in [4.78, 5) is 12.3. The second-order valence-corrected chi connectivity index (χ2v) is 6.42. The summed E-state index contributed by atoms with van der Waals surface area (Å²) < 4.78 is 1.12. The van der Waals surface area contributed by atoms with Crippen LogP contribution in [0.1, 0.15) is 24.0 Å². The van der Waals surface area contributed by atoms with E-state index in [0.29, 0.717) is 5.82 Å². The molecule has 0 fully saturated rings. The maximum absolute atomic E-state index is 5.48. The summed E-state index contributed by atoms with van der Waals surface area (Å²) in [6.45, 7) is 2.92. The van der Waals surface area contributed by atoms with E-state index in [1.54, 1.807) is 11.3 Å². The van der Waals surface area contributed by atoms with Crippen LogP contribution in [-0.2, 0) is 13.0 Å². The highest BCUT2D eigenvalue weighted by Gasteiger charge is 2.09. The first-order chi connectivity index (χ1) is 9.62. The summed E-state index contributed by atoms with van der Waals surface area (Å²) >= 11 is 5.20. The van der Waals surface area contributed by atoms with Crippen molar-refractivity contribution in [1.82, 2.24) is 9.97 Å². The molecule has 0 aromatic carbocycles. The number of rotatable bonds is 6. The number of nitrogen functional groups attached to an aromatic ring is 1. The van der Waals surface area contributed by atoms with E-state index in [2.05, 4.69) is 54.6 Å². The Morgan fingerprint density at radius 1 is 1.40 bits per heavy atom. The third-order valence-electron chi connectivity index (χ3n) is 2.79. The smallest absolute Gasteiger partial charge is 0.145 e. The highest BCUT2D eigenvalue weighted by atomic mass is 79.9. The molecule has 0 saturated heterocycles. The van der Waals surface area contributed by atoms with Crippen molar-refractivity contribution in [2.45, 2.75) is 26.3 Å². The minimum atomic E-state index is 0.651. The fourth-order valence-corrected chi connectivity index (χ4v) is 3.34. The Morgan fingerprint density at radius 2 is 2.20 bits per heavy atom. The molecule has 0 aliphatic carbocycles. The number of anilines is 2. The van der Waals surface area contributed by atoms with Crippen molar-refractivity contribution < 1.29 is 0 Å². The molecule has 0 spiro atoms. The van der Waals surface area contributed by atoms with Gasteiger partial charge in [0.15, 0.2) is 0 Å². The summed E-state index contributed by atoms with van der Waals surface area (Å²) in [6, 6.07) is 3.99. The van der Waals surface area contributed by atoms with Gasteiger partial charge in [-0.1, -0.05) is 6.92 Å². The lowest BCUT2D eigenvalue weighted by Crippen LogP contribution is -2.19. The van der Waals surface area contributed by atoms with Gasteiger partial charge in [0.2, 0.25) is 0 Å². The van der Waals surface area contributed by atoms with Gasteiger partial charge in [0.1, 0.15) is 17.5 Å². The zero-order valence-corrected chi connectivity index (χ0v) is 14.0. The minimum absolute atomic E-state index is 0.651. The molecule has 0 radical (unpaired) electrons. The van der Waals surface area contributed by atoms with E-state index in [-0.39, 0.29) is 0 Å². The maximum atomic E-state index is 5.48. The lowest BCUT2D eigenvalue weighted by Gasteiger charge is -2.18. The molecule has 0 amide bonds. The van der Waals surface area contributed by atoms with Gasteiger partial charge in [0.25, 0.3) is 0 Å². The van der Waals surface area contributed by atoms with Crippen LogP contribution in [0.3, 0.4) is 0 Å². The fraction of sp³-hybridized carbons (Fsp3) is 0.385. The van der Waals surface area contributed by atoms with Gasteiger partial charge in [-0.15, -0.1) is 11.3 Å². The normalized spacial score (nSPS) is 10.6. The van der Waals surface area contributed by atoms with E-state index in [1.165, 1.54) is 4.88 Å². The van der Waals surface area contributed by atoms with Crippen LogP contribution in [0.2, 0.25) is 0 Å². The largest absolute Gasteiger partial charge is 0.354 e. The number of aromatic nitrogens is 2. The second-order valence-electron chi connectivity index (χ2n) is 4.51. The van der Waals surface area contributed by atoms with Crippen LogP contribution in [0.5, 0.6) is 0 Å². The molecule has 108 valence electrons. The first-order valence-electron chi connectivity index (χ1n) is 6.41. The highest BCUT2D eigenvalue weighted by molar-refractivity contribution is 9.10. The number of hydrazine groups is 1. The van der Waals surface area contributed by atoms with Gasteiger partial charge in [-0.05, 0) is 28.4 Å². The van der Waals surface area contributed by atoms with E-state index in [0.717, 1.165) is 35.5 Å². The lowest BCUT2D eigenvalue weighted by molar-refractivity contribution is 0.815. The SMILES string of the molecule is CCCc1nc(NN)cc(N(C)Cc2cc(Br)cs2)n1. The first-order valence-corrected chi connectivity index (χ1v) is 8.08. The van der Waals surface area contributed by atoms with E-state index in [1.807, 2.05) is 13.1 Å². The Morgan fingerprint density at radius 3 is 2.80 bits per heavy atom. The third kappa shape index (κ3) is 3.91. The molecule has 2 rings (SSSR count). The van der Waals surface area contributed by atoms with Crippen LogP contribution in [0.4, 0.5) is 11.6 Å². The summed E-state index contributed by atoms with van der Waals surface area (Å²) in [5.41, 5.74) is 2.61. The predicted octanol–water partition coefficient (Wildman–Crippen LogP) is 3.18. The summed E-state index contributed by atoms with van der Waals surface area (Å²) in [5, 5.41) is 2.08. The Bertz CT molecular complexity index is 572. The van der Waals surface area contributed by atoms with Gasteiger partial charge in [0.05, 0.1) is 6.54 Å². The molecule has 2 aromatic rings. The summed E-state index contributed by atoms with van der Waals surface area (Å²) in [6.07, 6.45) is 1.86. The maximum Gasteiger partial charge on any atom is 0.145 e. The number of hydrogen-bond acceptors (Lipinski definition) is 6. The molecule has 0 atom stereocenters. The molecule has 0 saturated carbocycles. The quantitative estimate of drug-likeness (QED) is 0.615. The zero-order valence-electron chi connectivity index (χ0n) is 11.6. The average Bonchev–Trinajstić information content (AvgIpc) is 2.84. The molecule has 5 nitrogen and oxygen atoms in total. The third-order valence-corrected chi connectivity index (χ3v) is 4.47. The van der Waals surface area contributed by atoms with Gasteiger partial charge < -0.3 is 10.3 Å². The van der Waals surface area contributed by atoms with Gasteiger partial charge in [0, 0.05) is 34.3 Å². The fourth-order valence-electron chi connectivity index (χ4n) is 1.84. The standard InChI is InChI=1S/C13H18BrN5S/c1-3-4-11-16-12(18-15)6-13(17-11)19(2)7-10-5-9(14)8-20-10/h5-6,8H,3-4,7,15H2,1-2H3,(H,16,17,18). The second kappa shape index (κ2) is 7.01. The van der Waals surface area contributed by atoms with Crippen LogP contribution in [-0.4, -0.2) is 17.0 Å². The molecule has 20 heavy (non-hydrogen) atoms. The number of aryl methyl sites for hydroxylation is 1. The van der Waals surface area contributed by atoms with E-state index >= 15 is 0 Å². The van der Waals surface area contributed by atoms with E-state index in [4.69, 9.17) is 5.84 Å². The van der Waals surface area contributed by atoms with Gasteiger partial charge in [-0.2, -0.15) is 0 Å². The monoisotopic (exact) mass is 355 g/mol. The lowest BCUT2D eigenvalue weighted by atomic mass is 10.3. The first kappa shape index (κ1) is 15.2. The van der Waals surface area contributed by atoms with Crippen molar-refractivity contribution in [3.63, 3.8) is 0 Å². The molecule has 0 unspecified atom stereocenters. The van der Waals surface area contributed by atoms with Crippen molar-refractivity contribution in [3.8, 4) is 0 Å². The Labute approximate surface area is 131 Å². The van der Waals surface area contributed by atoms with Crippen molar-refractivity contribution in [1.29, 1.82) is 0 Å².